The van der Waals surface area contributed by atoms with E-state index in [0.29, 0.717) is 0 Å². The van der Waals surface area contributed by atoms with Crippen molar-refractivity contribution in [3.8, 4) is 0 Å². The molecule has 6 nitrogen and oxygen atoms in total. The Balaban J connectivity index is 3.06. The van der Waals surface area contributed by atoms with Crippen LogP contribution in [0.2, 0.25) is 0 Å². The van der Waals surface area contributed by atoms with Crippen LogP contribution < -0.4 is 5.32 Å². The van der Waals surface area contributed by atoms with Gasteiger partial charge in [-0.1, -0.05) is 0 Å². The van der Waals surface area contributed by atoms with Gasteiger partial charge < -0.3 is 15.0 Å². The van der Waals surface area contributed by atoms with Crippen LogP contribution in [0.15, 0.2) is 6.20 Å². The van der Waals surface area contributed by atoms with Crippen molar-refractivity contribution in [3.63, 3.8) is 0 Å². The first-order valence-electron chi connectivity index (χ1n) is 6.51. The molecular formula is C14H19FN2O4. The van der Waals surface area contributed by atoms with Gasteiger partial charge in [0.05, 0.1) is 12.2 Å². The summed E-state index contributed by atoms with van der Waals surface area (Å²) in [6, 6.07) is 0. The van der Waals surface area contributed by atoms with E-state index in [1.165, 1.54) is 0 Å². The number of alkyl halides is 1. The number of hydrogen-bond donors (Lipinski definition) is 2. The SMILES string of the molecule is CCOC(=O)c1[nH]cc(C(=O)C(=O)NC(C)(C)C)c1CF. The molecular weight excluding hydrogens is 279 g/mol. The normalized spacial score (nSPS) is 11.1. The molecule has 0 aliphatic rings. The summed E-state index contributed by atoms with van der Waals surface area (Å²) >= 11 is 0. The fourth-order valence-corrected chi connectivity index (χ4v) is 1.70. The third-order valence-corrected chi connectivity index (χ3v) is 2.54. The molecule has 0 aromatic carbocycles. The Morgan fingerprint density at radius 2 is 1.95 bits per heavy atom. The minimum atomic E-state index is -1.05. The van der Waals surface area contributed by atoms with Crippen molar-refractivity contribution in [1.29, 1.82) is 0 Å². The monoisotopic (exact) mass is 298 g/mol. The highest BCUT2D eigenvalue weighted by Crippen LogP contribution is 2.18. The highest BCUT2D eigenvalue weighted by Gasteiger charge is 2.28. The van der Waals surface area contributed by atoms with Gasteiger partial charge in [0.15, 0.2) is 0 Å². The van der Waals surface area contributed by atoms with Gasteiger partial charge in [-0.25, -0.2) is 9.18 Å². The molecule has 116 valence electrons. The van der Waals surface area contributed by atoms with Gasteiger partial charge in [-0.05, 0) is 27.7 Å². The zero-order chi connectivity index (χ0) is 16.2. The van der Waals surface area contributed by atoms with Crippen LogP contribution in [-0.2, 0) is 16.2 Å². The smallest absolute Gasteiger partial charge is 0.355 e. The highest BCUT2D eigenvalue weighted by atomic mass is 19.1. The van der Waals surface area contributed by atoms with Gasteiger partial charge in [-0.15, -0.1) is 0 Å². The topological polar surface area (TPSA) is 88.3 Å². The molecule has 1 amide bonds. The summed E-state index contributed by atoms with van der Waals surface area (Å²) in [5, 5.41) is 2.49. The fourth-order valence-electron chi connectivity index (χ4n) is 1.70. The molecule has 7 heteroatoms. The number of hydrogen-bond acceptors (Lipinski definition) is 4. The number of nitrogens with one attached hydrogen (secondary N) is 2. The summed E-state index contributed by atoms with van der Waals surface area (Å²) in [7, 11) is 0. The number of carbonyl (C=O) groups is 3. The second-order valence-electron chi connectivity index (χ2n) is 5.44. The van der Waals surface area contributed by atoms with Gasteiger partial charge in [0.2, 0.25) is 0 Å². The first kappa shape index (κ1) is 16.9. The van der Waals surface area contributed by atoms with Crippen LogP contribution >= 0.6 is 0 Å². The quantitative estimate of drug-likeness (QED) is 0.492. The predicted molar refractivity (Wildman–Crippen MR) is 73.8 cm³/mol. The number of Topliss-reactive ketones (excluding diaryl/α,β-unsaturated/α-hetero) is 1. The van der Waals surface area contributed by atoms with Gasteiger partial charge in [-0.3, -0.25) is 9.59 Å². The standard InChI is InChI=1S/C14H19FN2O4/c1-5-21-13(20)10-8(6-15)9(7-16-10)11(18)12(19)17-14(2,3)4/h7,16H,5-6H2,1-4H3,(H,17,19). The average molecular weight is 298 g/mol. The zero-order valence-electron chi connectivity index (χ0n) is 12.5. The zero-order valence-corrected chi connectivity index (χ0v) is 12.5. The van der Waals surface area contributed by atoms with Crippen molar-refractivity contribution in [3.05, 3.63) is 23.0 Å². The first-order valence-corrected chi connectivity index (χ1v) is 6.51. The summed E-state index contributed by atoms with van der Waals surface area (Å²) in [4.78, 5) is 38.0. The molecule has 2 N–H and O–H groups in total. The van der Waals surface area contributed by atoms with Crippen molar-refractivity contribution in [2.75, 3.05) is 6.61 Å². The van der Waals surface area contributed by atoms with E-state index >= 15 is 0 Å². The van der Waals surface area contributed by atoms with Gasteiger partial charge in [0.1, 0.15) is 12.4 Å². The van der Waals surface area contributed by atoms with E-state index in [2.05, 4.69) is 10.3 Å². The lowest BCUT2D eigenvalue weighted by Gasteiger charge is -2.19. The Morgan fingerprint density at radius 3 is 2.43 bits per heavy atom. The first-order chi connectivity index (χ1) is 9.71. The predicted octanol–water partition coefficient (Wildman–Crippen LogP) is 1.76. The van der Waals surface area contributed by atoms with Crippen molar-refractivity contribution in [2.24, 2.45) is 0 Å². The average Bonchev–Trinajstić information content (AvgIpc) is 2.79. The number of esters is 1. The molecule has 0 aliphatic carbocycles. The number of aromatic nitrogens is 1. The number of carbonyl (C=O) groups excluding carboxylic acids is 3. The van der Waals surface area contributed by atoms with E-state index in [1.54, 1.807) is 27.7 Å². The fraction of sp³-hybridized carbons (Fsp3) is 0.500. The Morgan fingerprint density at radius 1 is 1.33 bits per heavy atom. The highest BCUT2D eigenvalue weighted by molar-refractivity contribution is 6.43. The van der Waals surface area contributed by atoms with Crippen LogP contribution in [0.1, 0.15) is 54.1 Å². The molecule has 1 heterocycles. The molecule has 0 atom stereocenters. The Bertz CT molecular complexity index is 558. The molecule has 0 radical (unpaired) electrons. The van der Waals surface area contributed by atoms with E-state index in [-0.39, 0.29) is 23.4 Å². The van der Waals surface area contributed by atoms with Crippen LogP contribution in [0.5, 0.6) is 0 Å². The van der Waals surface area contributed by atoms with Crippen molar-refractivity contribution in [1.82, 2.24) is 10.3 Å². The van der Waals surface area contributed by atoms with Crippen LogP contribution in [-0.4, -0.2) is 34.8 Å². The maximum absolute atomic E-state index is 13.1. The Kier molecular flexibility index (Phi) is 5.23. The second-order valence-corrected chi connectivity index (χ2v) is 5.44. The summed E-state index contributed by atoms with van der Waals surface area (Å²) in [5.41, 5.74) is -1.07. The molecule has 0 saturated carbocycles. The van der Waals surface area contributed by atoms with Gasteiger partial charge in [0, 0.05) is 17.3 Å². The molecule has 0 bridgehead atoms. The van der Waals surface area contributed by atoms with E-state index in [1.807, 2.05) is 0 Å². The largest absolute Gasteiger partial charge is 0.461 e. The summed E-state index contributed by atoms with van der Waals surface area (Å²) in [6.45, 7) is 5.83. The molecule has 1 aromatic heterocycles. The number of ether oxygens (including phenoxy) is 1. The van der Waals surface area contributed by atoms with Crippen molar-refractivity contribution >= 4 is 17.7 Å². The lowest BCUT2D eigenvalue weighted by atomic mass is 10.0. The number of halogens is 1. The molecule has 1 aromatic rings. The number of aromatic amines is 1. The third kappa shape index (κ3) is 4.14. The Hall–Kier alpha value is -2.18. The molecule has 1 rings (SSSR count). The molecule has 0 spiro atoms. The van der Waals surface area contributed by atoms with Gasteiger partial charge in [0.25, 0.3) is 11.7 Å². The lowest BCUT2D eigenvalue weighted by molar-refractivity contribution is -0.118. The van der Waals surface area contributed by atoms with Gasteiger partial charge in [-0.2, -0.15) is 0 Å². The van der Waals surface area contributed by atoms with E-state index in [0.717, 1.165) is 6.20 Å². The number of ketones is 1. The maximum atomic E-state index is 13.1. The van der Waals surface area contributed by atoms with Crippen molar-refractivity contribution < 1.29 is 23.5 Å². The molecule has 0 saturated heterocycles. The van der Waals surface area contributed by atoms with Crippen LogP contribution in [0.4, 0.5) is 4.39 Å². The van der Waals surface area contributed by atoms with Crippen LogP contribution in [0.25, 0.3) is 0 Å². The molecule has 0 aliphatic heterocycles. The third-order valence-electron chi connectivity index (χ3n) is 2.54. The number of H-pyrrole nitrogens is 1. The number of rotatable bonds is 5. The van der Waals surface area contributed by atoms with Crippen LogP contribution in [0.3, 0.4) is 0 Å². The summed E-state index contributed by atoms with van der Waals surface area (Å²) in [6.07, 6.45) is 1.14. The second kappa shape index (κ2) is 6.51. The Labute approximate surface area is 122 Å². The maximum Gasteiger partial charge on any atom is 0.355 e. The molecule has 0 unspecified atom stereocenters. The van der Waals surface area contributed by atoms with Crippen molar-refractivity contribution in [2.45, 2.75) is 39.9 Å². The molecule has 0 fully saturated rings. The minimum absolute atomic E-state index is 0.122. The van der Waals surface area contributed by atoms with Gasteiger partial charge >= 0.3 is 5.97 Å². The molecule has 21 heavy (non-hydrogen) atoms. The lowest BCUT2D eigenvalue weighted by Crippen LogP contribution is -2.44. The summed E-state index contributed by atoms with van der Waals surface area (Å²) in [5.74, 6) is -2.52. The van der Waals surface area contributed by atoms with E-state index < -0.39 is 29.9 Å². The number of amides is 1. The van der Waals surface area contributed by atoms with E-state index in [4.69, 9.17) is 4.74 Å². The minimum Gasteiger partial charge on any atom is -0.461 e. The van der Waals surface area contributed by atoms with E-state index in [9.17, 15) is 18.8 Å². The summed E-state index contributed by atoms with van der Waals surface area (Å²) < 4.78 is 17.9. The van der Waals surface area contributed by atoms with Crippen LogP contribution in [0, 0.1) is 0 Å².